The highest BCUT2D eigenvalue weighted by atomic mass is 19.1. The molecule has 0 aliphatic heterocycles. The van der Waals surface area contributed by atoms with Crippen molar-refractivity contribution < 1.29 is 9.31 Å². The van der Waals surface area contributed by atoms with Crippen molar-refractivity contribution in [2.75, 3.05) is 0 Å². The molecule has 0 spiro atoms. The average molecular weight is 209 g/mol. The second-order valence-corrected chi connectivity index (χ2v) is 2.80. The zero-order chi connectivity index (χ0) is 11.0. The molecule has 1 heterocycles. The number of benzene rings is 1. The fourth-order valence-electron chi connectivity index (χ4n) is 1.21. The van der Waals surface area contributed by atoms with Crippen molar-refractivity contribution in [3.05, 3.63) is 44.6 Å². The van der Waals surface area contributed by atoms with Crippen LogP contribution >= 0.6 is 0 Å². The Morgan fingerprint density at radius 1 is 1.47 bits per heavy atom. The van der Waals surface area contributed by atoms with E-state index in [1.807, 2.05) is 0 Å². The number of hydrogen-bond acceptors (Lipinski definition) is 4. The molecule has 0 saturated heterocycles. The van der Waals surface area contributed by atoms with E-state index in [1.54, 1.807) is 0 Å². The number of nitro benzene ring substituents is 1. The molecule has 1 aromatic heterocycles. The number of fused-ring (bicyclic) bond motifs is 1. The Kier molecular flexibility index (Phi) is 1.93. The van der Waals surface area contributed by atoms with Crippen molar-refractivity contribution in [2.45, 2.75) is 0 Å². The van der Waals surface area contributed by atoms with E-state index in [1.165, 1.54) is 6.07 Å². The molecule has 0 bridgehead atoms. The zero-order valence-electron chi connectivity index (χ0n) is 7.23. The lowest BCUT2D eigenvalue weighted by atomic mass is 10.2. The van der Waals surface area contributed by atoms with Gasteiger partial charge in [0.05, 0.1) is 16.6 Å². The first-order valence-corrected chi connectivity index (χ1v) is 3.91. The number of hydrogen-bond donors (Lipinski definition) is 1. The standard InChI is InChI=1S/C8H4FN3O3/c9-7-5(12(14)15)2-1-4-8(7)10-3-6(13)11-4/h1-3H,(H,11,13). The fraction of sp³-hybridized carbons (Fsp3) is 0. The molecule has 0 aliphatic carbocycles. The quantitative estimate of drug-likeness (QED) is 0.559. The molecular formula is C8H4FN3O3. The second kappa shape index (κ2) is 3.12. The third kappa shape index (κ3) is 1.43. The van der Waals surface area contributed by atoms with E-state index in [0.29, 0.717) is 0 Å². The van der Waals surface area contributed by atoms with E-state index in [0.717, 1.165) is 12.3 Å². The van der Waals surface area contributed by atoms with Crippen LogP contribution in [0, 0.1) is 15.9 Å². The van der Waals surface area contributed by atoms with Gasteiger partial charge in [-0.05, 0) is 6.07 Å². The molecule has 0 atom stereocenters. The van der Waals surface area contributed by atoms with Gasteiger partial charge in [-0.25, -0.2) is 4.98 Å². The third-order valence-corrected chi connectivity index (χ3v) is 1.86. The number of nitrogens with zero attached hydrogens (tertiary/aromatic N) is 2. The minimum absolute atomic E-state index is 0.130. The van der Waals surface area contributed by atoms with Crippen LogP contribution in [0.3, 0.4) is 0 Å². The van der Waals surface area contributed by atoms with Gasteiger partial charge < -0.3 is 4.98 Å². The average Bonchev–Trinajstić information content (AvgIpc) is 2.17. The first-order valence-electron chi connectivity index (χ1n) is 3.91. The summed E-state index contributed by atoms with van der Waals surface area (Å²) in [5.74, 6) is -1.05. The lowest BCUT2D eigenvalue weighted by Gasteiger charge is -1.98. The maximum Gasteiger partial charge on any atom is 0.307 e. The Morgan fingerprint density at radius 3 is 2.87 bits per heavy atom. The number of aromatic amines is 1. The molecule has 0 aliphatic rings. The number of halogens is 1. The number of aromatic nitrogens is 2. The van der Waals surface area contributed by atoms with Gasteiger partial charge in [0.15, 0.2) is 0 Å². The summed E-state index contributed by atoms with van der Waals surface area (Å²) in [4.78, 5) is 26.2. The van der Waals surface area contributed by atoms with Gasteiger partial charge in [-0.15, -0.1) is 0 Å². The van der Waals surface area contributed by atoms with E-state index >= 15 is 0 Å². The smallest absolute Gasteiger partial charge is 0.307 e. The van der Waals surface area contributed by atoms with Crippen LogP contribution in [0.2, 0.25) is 0 Å². The summed E-state index contributed by atoms with van der Waals surface area (Å²) < 4.78 is 13.4. The van der Waals surface area contributed by atoms with Crippen molar-refractivity contribution in [3.63, 3.8) is 0 Å². The molecule has 0 unspecified atom stereocenters. The third-order valence-electron chi connectivity index (χ3n) is 1.86. The summed E-state index contributed by atoms with van der Waals surface area (Å²) >= 11 is 0. The van der Waals surface area contributed by atoms with E-state index in [-0.39, 0.29) is 11.0 Å². The Balaban J connectivity index is 2.85. The first-order chi connectivity index (χ1) is 7.09. The van der Waals surface area contributed by atoms with E-state index in [9.17, 15) is 19.3 Å². The second-order valence-electron chi connectivity index (χ2n) is 2.80. The Labute approximate surface area is 81.5 Å². The molecule has 2 rings (SSSR count). The van der Waals surface area contributed by atoms with Gasteiger partial charge in [0.1, 0.15) is 5.52 Å². The molecule has 1 N–H and O–H groups in total. The summed E-state index contributed by atoms with van der Waals surface area (Å²) in [5.41, 5.74) is -1.24. The van der Waals surface area contributed by atoms with Gasteiger partial charge in [0, 0.05) is 6.07 Å². The van der Waals surface area contributed by atoms with Crippen LogP contribution in [0.5, 0.6) is 0 Å². The lowest BCUT2D eigenvalue weighted by Crippen LogP contribution is -2.06. The maximum atomic E-state index is 13.4. The summed E-state index contributed by atoms with van der Waals surface area (Å²) in [6.45, 7) is 0. The molecule has 15 heavy (non-hydrogen) atoms. The Hall–Kier alpha value is -2.31. The van der Waals surface area contributed by atoms with Gasteiger partial charge >= 0.3 is 5.69 Å². The van der Waals surface area contributed by atoms with Gasteiger partial charge in [0.25, 0.3) is 5.56 Å². The van der Waals surface area contributed by atoms with E-state index < -0.39 is 22.0 Å². The van der Waals surface area contributed by atoms with Gasteiger partial charge in [-0.3, -0.25) is 14.9 Å². The van der Waals surface area contributed by atoms with E-state index in [4.69, 9.17) is 0 Å². The lowest BCUT2D eigenvalue weighted by molar-refractivity contribution is -0.387. The van der Waals surface area contributed by atoms with Crippen molar-refractivity contribution in [3.8, 4) is 0 Å². The summed E-state index contributed by atoms with van der Waals surface area (Å²) in [7, 11) is 0. The topological polar surface area (TPSA) is 88.9 Å². The highest BCUT2D eigenvalue weighted by Gasteiger charge is 2.17. The first kappa shape index (κ1) is 9.25. The SMILES string of the molecule is O=c1cnc2c(F)c([N+](=O)[O-])ccc2[nH]1. The van der Waals surface area contributed by atoms with E-state index in [2.05, 4.69) is 9.97 Å². The van der Waals surface area contributed by atoms with Crippen LogP contribution < -0.4 is 5.56 Å². The van der Waals surface area contributed by atoms with Crippen LogP contribution in [0.25, 0.3) is 11.0 Å². The van der Waals surface area contributed by atoms with Crippen LogP contribution in [-0.4, -0.2) is 14.9 Å². The summed E-state index contributed by atoms with van der Waals surface area (Å²) in [5, 5.41) is 10.4. The molecule has 0 saturated carbocycles. The molecule has 2 aromatic rings. The number of H-pyrrole nitrogens is 1. The molecule has 0 fully saturated rings. The summed E-state index contributed by atoms with van der Waals surface area (Å²) in [6.07, 6.45) is 0.870. The number of nitrogens with one attached hydrogen (secondary N) is 1. The fourth-order valence-corrected chi connectivity index (χ4v) is 1.21. The van der Waals surface area contributed by atoms with Crippen molar-refractivity contribution in [1.29, 1.82) is 0 Å². The highest BCUT2D eigenvalue weighted by Crippen LogP contribution is 2.22. The normalized spacial score (nSPS) is 10.5. The Morgan fingerprint density at radius 2 is 2.20 bits per heavy atom. The number of nitro groups is 1. The maximum absolute atomic E-state index is 13.4. The molecular weight excluding hydrogens is 205 g/mol. The van der Waals surface area contributed by atoms with Gasteiger partial charge in [-0.1, -0.05) is 0 Å². The molecule has 0 amide bonds. The molecule has 6 nitrogen and oxygen atoms in total. The summed E-state index contributed by atoms with van der Waals surface area (Å²) in [6, 6.07) is 2.22. The van der Waals surface area contributed by atoms with Crippen LogP contribution in [0.15, 0.2) is 23.1 Å². The monoisotopic (exact) mass is 209 g/mol. The van der Waals surface area contributed by atoms with Crippen LogP contribution in [-0.2, 0) is 0 Å². The predicted octanol–water partition coefficient (Wildman–Crippen LogP) is 0.970. The number of rotatable bonds is 1. The predicted molar refractivity (Wildman–Crippen MR) is 49.0 cm³/mol. The zero-order valence-corrected chi connectivity index (χ0v) is 7.23. The molecule has 0 radical (unpaired) electrons. The van der Waals surface area contributed by atoms with Crippen molar-refractivity contribution in [2.24, 2.45) is 0 Å². The highest BCUT2D eigenvalue weighted by molar-refractivity contribution is 5.77. The minimum atomic E-state index is -1.05. The van der Waals surface area contributed by atoms with Crippen LogP contribution in [0.4, 0.5) is 10.1 Å². The minimum Gasteiger partial charge on any atom is -0.319 e. The Bertz CT molecular complexity index is 608. The van der Waals surface area contributed by atoms with Crippen LogP contribution in [0.1, 0.15) is 0 Å². The van der Waals surface area contributed by atoms with Gasteiger partial charge in [-0.2, -0.15) is 4.39 Å². The molecule has 76 valence electrons. The molecule has 7 heteroatoms. The molecule has 1 aromatic carbocycles. The largest absolute Gasteiger partial charge is 0.319 e. The van der Waals surface area contributed by atoms with Crippen molar-refractivity contribution >= 4 is 16.7 Å². The van der Waals surface area contributed by atoms with Gasteiger partial charge in [0.2, 0.25) is 5.82 Å². The van der Waals surface area contributed by atoms with Crippen molar-refractivity contribution in [1.82, 2.24) is 9.97 Å².